The van der Waals surface area contributed by atoms with E-state index in [2.05, 4.69) is 5.10 Å². The fourth-order valence-corrected chi connectivity index (χ4v) is 2.18. The van der Waals surface area contributed by atoms with Gasteiger partial charge in [0.15, 0.2) is 0 Å². The summed E-state index contributed by atoms with van der Waals surface area (Å²) in [4.78, 5) is 10.5. The Labute approximate surface area is 121 Å². The number of nitrogens with zero attached hydrogens (tertiary/aromatic N) is 3. The molecule has 1 aromatic heterocycles. The average molecular weight is 296 g/mol. The number of aryl methyl sites for hydroxylation is 1. The Morgan fingerprint density at radius 2 is 2.00 bits per heavy atom. The highest BCUT2D eigenvalue weighted by Gasteiger charge is 2.25. The van der Waals surface area contributed by atoms with E-state index in [0.717, 1.165) is 5.75 Å². The van der Waals surface area contributed by atoms with Gasteiger partial charge in [-0.3, -0.25) is 10.1 Å². The van der Waals surface area contributed by atoms with Crippen molar-refractivity contribution < 1.29 is 9.66 Å². The van der Waals surface area contributed by atoms with Crippen LogP contribution in [0.5, 0.6) is 5.75 Å². The van der Waals surface area contributed by atoms with E-state index in [4.69, 9.17) is 16.3 Å². The number of rotatable bonds is 5. The Hall–Kier alpha value is -2.08. The van der Waals surface area contributed by atoms with Gasteiger partial charge in [0.25, 0.3) is 0 Å². The van der Waals surface area contributed by atoms with Crippen LogP contribution in [0, 0.1) is 10.1 Å². The molecule has 20 heavy (non-hydrogen) atoms. The molecule has 1 aromatic carbocycles. The summed E-state index contributed by atoms with van der Waals surface area (Å²) in [6.07, 6.45) is 0.445. The first-order valence-corrected chi connectivity index (χ1v) is 6.61. The molecule has 0 bridgehead atoms. The van der Waals surface area contributed by atoms with Crippen LogP contribution in [0.25, 0.3) is 5.69 Å². The maximum atomic E-state index is 11.0. The van der Waals surface area contributed by atoms with Gasteiger partial charge >= 0.3 is 5.69 Å². The Morgan fingerprint density at radius 1 is 1.35 bits per heavy atom. The molecule has 0 unspecified atom stereocenters. The molecule has 2 rings (SSSR count). The molecule has 0 fully saturated rings. The Balaban J connectivity index is 2.44. The second-order valence-corrected chi connectivity index (χ2v) is 4.39. The monoisotopic (exact) mass is 295 g/mol. The lowest BCUT2D eigenvalue weighted by molar-refractivity contribution is -0.385. The second kappa shape index (κ2) is 5.92. The topological polar surface area (TPSA) is 70.2 Å². The van der Waals surface area contributed by atoms with Crippen molar-refractivity contribution >= 4 is 17.3 Å². The zero-order chi connectivity index (χ0) is 14.7. The van der Waals surface area contributed by atoms with Crippen molar-refractivity contribution in [2.45, 2.75) is 20.3 Å². The fraction of sp³-hybridized carbons (Fsp3) is 0.308. The minimum Gasteiger partial charge on any atom is -0.494 e. The molecule has 0 radical (unpaired) electrons. The summed E-state index contributed by atoms with van der Waals surface area (Å²) in [5.41, 5.74) is 0.887. The normalized spacial score (nSPS) is 10.6. The number of hydrogen-bond acceptors (Lipinski definition) is 4. The zero-order valence-corrected chi connectivity index (χ0v) is 11.9. The predicted octanol–water partition coefficient (Wildman–Crippen LogP) is 3.40. The lowest BCUT2D eigenvalue weighted by atomic mass is 10.3. The molecule has 0 aliphatic rings. The maximum Gasteiger partial charge on any atom is 0.329 e. The van der Waals surface area contributed by atoms with Gasteiger partial charge in [-0.25, -0.2) is 4.68 Å². The van der Waals surface area contributed by atoms with Crippen molar-refractivity contribution in [3.8, 4) is 11.4 Å². The molecule has 0 spiro atoms. The number of nitro groups is 1. The van der Waals surface area contributed by atoms with E-state index in [1.807, 2.05) is 6.92 Å². The van der Waals surface area contributed by atoms with E-state index in [1.54, 1.807) is 31.2 Å². The van der Waals surface area contributed by atoms with Crippen molar-refractivity contribution in [1.29, 1.82) is 0 Å². The Bertz CT molecular complexity index is 623. The molecule has 0 saturated heterocycles. The quantitative estimate of drug-likeness (QED) is 0.626. The van der Waals surface area contributed by atoms with E-state index >= 15 is 0 Å². The molecular formula is C13H14ClN3O3. The van der Waals surface area contributed by atoms with Crippen molar-refractivity contribution in [3.05, 3.63) is 45.2 Å². The SMILES string of the molecule is CCOc1ccc(-n2nc(CC)c([N+](=O)[O-])c2Cl)cc1. The highest BCUT2D eigenvalue weighted by Crippen LogP contribution is 2.31. The van der Waals surface area contributed by atoms with Crippen LogP contribution in [0.15, 0.2) is 24.3 Å². The molecule has 106 valence electrons. The van der Waals surface area contributed by atoms with Gasteiger partial charge < -0.3 is 4.74 Å². The molecule has 7 heteroatoms. The number of aromatic nitrogens is 2. The molecule has 0 amide bonds. The number of ether oxygens (including phenoxy) is 1. The smallest absolute Gasteiger partial charge is 0.329 e. The molecule has 0 atom stereocenters. The first kappa shape index (κ1) is 14.3. The van der Waals surface area contributed by atoms with Crippen LogP contribution >= 0.6 is 11.6 Å². The molecule has 0 saturated carbocycles. The zero-order valence-electron chi connectivity index (χ0n) is 11.2. The lowest BCUT2D eigenvalue weighted by Gasteiger charge is -2.05. The third kappa shape index (κ3) is 2.60. The first-order chi connectivity index (χ1) is 9.58. The summed E-state index contributed by atoms with van der Waals surface area (Å²) in [6, 6.07) is 7.06. The van der Waals surface area contributed by atoms with Crippen LogP contribution in [-0.2, 0) is 6.42 Å². The summed E-state index contributed by atoms with van der Waals surface area (Å²) in [6.45, 7) is 4.27. The van der Waals surface area contributed by atoms with Gasteiger partial charge in [-0.15, -0.1) is 0 Å². The standard InChI is InChI=1S/C13H14ClN3O3/c1-3-11-12(17(18)19)13(14)16(15-11)9-5-7-10(8-6-9)20-4-2/h5-8H,3-4H2,1-2H3. The lowest BCUT2D eigenvalue weighted by Crippen LogP contribution is -1.98. The summed E-state index contributed by atoms with van der Waals surface area (Å²) in [5.74, 6) is 0.727. The van der Waals surface area contributed by atoms with Gasteiger partial charge in [-0.1, -0.05) is 18.5 Å². The molecule has 0 N–H and O–H groups in total. The maximum absolute atomic E-state index is 11.0. The molecular weight excluding hydrogens is 282 g/mol. The van der Waals surface area contributed by atoms with Crippen molar-refractivity contribution in [2.24, 2.45) is 0 Å². The predicted molar refractivity (Wildman–Crippen MR) is 75.8 cm³/mol. The van der Waals surface area contributed by atoms with E-state index in [1.165, 1.54) is 4.68 Å². The summed E-state index contributed by atoms with van der Waals surface area (Å²) < 4.78 is 6.71. The van der Waals surface area contributed by atoms with Gasteiger partial charge in [0.05, 0.1) is 17.2 Å². The van der Waals surface area contributed by atoms with Crippen LogP contribution in [0.1, 0.15) is 19.5 Å². The Morgan fingerprint density at radius 3 is 2.45 bits per heavy atom. The number of halogens is 1. The average Bonchev–Trinajstić information content (AvgIpc) is 2.77. The largest absolute Gasteiger partial charge is 0.494 e. The van der Waals surface area contributed by atoms with Crippen LogP contribution in [-0.4, -0.2) is 21.3 Å². The van der Waals surface area contributed by atoms with Gasteiger partial charge in [-0.2, -0.15) is 5.10 Å². The Kier molecular flexibility index (Phi) is 4.24. The summed E-state index contributed by atoms with van der Waals surface area (Å²) in [5, 5.41) is 15.2. The highest BCUT2D eigenvalue weighted by molar-refractivity contribution is 6.32. The molecule has 0 aliphatic carbocycles. The molecule has 2 aromatic rings. The molecule has 0 aliphatic heterocycles. The molecule has 1 heterocycles. The van der Waals surface area contributed by atoms with Crippen LogP contribution < -0.4 is 4.74 Å². The van der Waals surface area contributed by atoms with Crippen molar-refractivity contribution in [1.82, 2.24) is 9.78 Å². The van der Waals surface area contributed by atoms with Crippen molar-refractivity contribution in [2.75, 3.05) is 6.61 Å². The second-order valence-electron chi connectivity index (χ2n) is 4.04. The highest BCUT2D eigenvalue weighted by atomic mass is 35.5. The van der Waals surface area contributed by atoms with E-state index in [9.17, 15) is 10.1 Å². The van der Waals surface area contributed by atoms with Gasteiger partial charge in [-0.05, 0) is 37.6 Å². The minimum absolute atomic E-state index is 0.0102. The first-order valence-electron chi connectivity index (χ1n) is 6.23. The van der Waals surface area contributed by atoms with E-state index in [-0.39, 0.29) is 10.8 Å². The van der Waals surface area contributed by atoms with E-state index in [0.29, 0.717) is 24.4 Å². The number of benzene rings is 1. The van der Waals surface area contributed by atoms with Gasteiger partial charge in [0.2, 0.25) is 5.15 Å². The van der Waals surface area contributed by atoms with Gasteiger partial charge in [0, 0.05) is 0 Å². The minimum atomic E-state index is -0.501. The van der Waals surface area contributed by atoms with E-state index < -0.39 is 4.92 Å². The third-order valence-corrected chi connectivity index (χ3v) is 3.12. The summed E-state index contributed by atoms with van der Waals surface area (Å²) in [7, 11) is 0. The fourth-order valence-electron chi connectivity index (χ4n) is 1.87. The number of hydrogen-bond donors (Lipinski definition) is 0. The third-order valence-electron chi connectivity index (χ3n) is 2.79. The van der Waals surface area contributed by atoms with Crippen LogP contribution in [0.2, 0.25) is 5.15 Å². The van der Waals surface area contributed by atoms with Crippen molar-refractivity contribution in [3.63, 3.8) is 0 Å². The molecule has 6 nitrogen and oxygen atoms in total. The van der Waals surface area contributed by atoms with Crippen LogP contribution in [0.4, 0.5) is 5.69 Å². The van der Waals surface area contributed by atoms with Crippen LogP contribution in [0.3, 0.4) is 0 Å². The van der Waals surface area contributed by atoms with Gasteiger partial charge in [0.1, 0.15) is 11.4 Å². The summed E-state index contributed by atoms with van der Waals surface area (Å²) >= 11 is 6.07.